The van der Waals surface area contributed by atoms with Crippen molar-refractivity contribution in [2.75, 3.05) is 18.4 Å². The van der Waals surface area contributed by atoms with Crippen molar-refractivity contribution < 1.29 is 0 Å². The fourth-order valence-corrected chi connectivity index (χ4v) is 3.76. The Bertz CT molecular complexity index is 647. The second kappa shape index (κ2) is 4.98. The molecule has 4 heterocycles. The summed E-state index contributed by atoms with van der Waals surface area (Å²) in [6.45, 7) is 6.85. The number of anilines is 1. The van der Waals surface area contributed by atoms with Crippen LogP contribution in [0.2, 0.25) is 0 Å². The van der Waals surface area contributed by atoms with Crippen molar-refractivity contribution in [2.24, 2.45) is 0 Å². The van der Waals surface area contributed by atoms with Crippen molar-refractivity contribution in [1.29, 1.82) is 0 Å². The van der Waals surface area contributed by atoms with Gasteiger partial charge in [-0.3, -0.25) is 4.90 Å². The Morgan fingerprint density at radius 2 is 2.19 bits per heavy atom. The van der Waals surface area contributed by atoms with Crippen LogP contribution in [0.5, 0.6) is 0 Å². The van der Waals surface area contributed by atoms with Crippen LogP contribution < -0.4 is 5.32 Å². The lowest BCUT2D eigenvalue weighted by molar-refractivity contribution is 0.318. The molecule has 0 radical (unpaired) electrons. The third kappa shape index (κ3) is 2.20. The van der Waals surface area contributed by atoms with E-state index in [1.54, 1.807) is 0 Å². The van der Waals surface area contributed by atoms with E-state index >= 15 is 0 Å². The molecule has 0 aliphatic carbocycles. The smallest absolute Gasteiger partial charge is 0.152 e. The molecular weight excluding hydrogens is 262 g/mol. The summed E-state index contributed by atoms with van der Waals surface area (Å²) in [5.41, 5.74) is 2.22. The normalized spacial score (nSPS) is 25.9. The Kier molecular flexibility index (Phi) is 3.10. The predicted octanol–water partition coefficient (Wildman–Crippen LogP) is 2.50. The lowest BCUT2D eigenvalue weighted by Gasteiger charge is -2.21. The number of rotatable bonds is 3. The third-order valence-corrected chi connectivity index (χ3v) is 4.93. The van der Waals surface area contributed by atoms with Crippen molar-refractivity contribution in [3.05, 3.63) is 24.2 Å². The maximum absolute atomic E-state index is 4.64. The molecule has 5 heteroatoms. The largest absolute Gasteiger partial charge is 0.364 e. The molecule has 21 heavy (non-hydrogen) atoms. The van der Waals surface area contributed by atoms with Crippen molar-refractivity contribution in [1.82, 2.24) is 19.5 Å². The second-order valence-corrected chi connectivity index (χ2v) is 6.61. The summed E-state index contributed by atoms with van der Waals surface area (Å²) in [5.74, 6) is 1.42. The molecule has 0 bridgehead atoms. The minimum Gasteiger partial charge on any atom is -0.364 e. The van der Waals surface area contributed by atoms with Crippen LogP contribution in [-0.2, 0) is 0 Å². The molecule has 2 unspecified atom stereocenters. The number of aromatic nitrogens is 3. The van der Waals surface area contributed by atoms with Gasteiger partial charge in [0, 0.05) is 31.0 Å². The van der Waals surface area contributed by atoms with Gasteiger partial charge in [-0.05, 0) is 37.8 Å². The van der Waals surface area contributed by atoms with Crippen molar-refractivity contribution >= 4 is 11.3 Å². The maximum atomic E-state index is 4.64. The number of fused-ring (bicyclic) bond motifs is 2. The fraction of sp³-hybridized carbons (Fsp3) is 0.625. The fourth-order valence-electron chi connectivity index (χ4n) is 3.76. The summed E-state index contributed by atoms with van der Waals surface area (Å²) in [6.07, 6.45) is 7.65. The SMILES string of the molecule is CC(C)c1cc2c(NC3CCN4CCCC34)nccn2n1. The van der Waals surface area contributed by atoms with E-state index in [4.69, 9.17) is 0 Å². The predicted molar refractivity (Wildman–Crippen MR) is 83.7 cm³/mol. The van der Waals surface area contributed by atoms with Crippen LogP contribution in [-0.4, -0.2) is 44.7 Å². The van der Waals surface area contributed by atoms with Crippen LogP contribution in [0.3, 0.4) is 0 Å². The van der Waals surface area contributed by atoms with Gasteiger partial charge in [0.2, 0.25) is 0 Å². The first-order chi connectivity index (χ1) is 10.2. The molecule has 2 fully saturated rings. The summed E-state index contributed by atoms with van der Waals surface area (Å²) < 4.78 is 1.95. The van der Waals surface area contributed by atoms with Gasteiger partial charge in [0.1, 0.15) is 5.52 Å². The summed E-state index contributed by atoms with van der Waals surface area (Å²) in [5, 5.41) is 8.33. The molecule has 0 aromatic carbocycles. The minimum atomic E-state index is 0.439. The topological polar surface area (TPSA) is 45.5 Å². The Labute approximate surface area is 125 Å². The lowest BCUT2D eigenvalue weighted by atomic mass is 10.1. The molecule has 2 aliphatic heterocycles. The van der Waals surface area contributed by atoms with Crippen molar-refractivity contribution in [3.63, 3.8) is 0 Å². The number of hydrogen-bond acceptors (Lipinski definition) is 4. The summed E-state index contributed by atoms with van der Waals surface area (Å²) in [6, 6.07) is 3.39. The highest BCUT2D eigenvalue weighted by Crippen LogP contribution is 2.30. The summed E-state index contributed by atoms with van der Waals surface area (Å²) >= 11 is 0. The maximum Gasteiger partial charge on any atom is 0.152 e. The monoisotopic (exact) mass is 285 g/mol. The molecular formula is C16H23N5. The lowest BCUT2D eigenvalue weighted by Crippen LogP contribution is -2.34. The average Bonchev–Trinajstić information content (AvgIpc) is 3.14. The van der Waals surface area contributed by atoms with Gasteiger partial charge in [-0.25, -0.2) is 9.50 Å². The number of nitrogens with zero attached hydrogens (tertiary/aromatic N) is 4. The molecule has 0 saturated carbocycles. The zero-order chi connectivity index (χ0) is 14.4. The van der Waals surface area contributed by atoms with Crippen LogP contribution in [0.25, 0.3) is 5.52 Å². The zero-order valence-electron chi connectivity index (χ0n) is 12.8. The van der Waals surface area contributed by atoms with E-state index in [1.807, 2.05) is 16.9 Å². The van der Waals surface area contributed by atoms with Gasteiger partial charge >= 0.3 is 0 Å². The van der Waals surface area contributed by atoms with Crippen molar-refractivity contribution in [3.8, 4) is 0 Å². The van der Waals surface area contributed by atoms with Gasteiger partial charge in [-0.1, -0.05) is 13.8 Å². The van der Waals surface area contributed by atoms with E-state index in [-0.39, 0.29) is 0 Å². The number of nitrogens with one attached hydrogen (secondary N) is 1. The second-order valence-electron chi connectivity index (χ2n) is 6.61. The van der Waals surface area contributed by atoms with Gasteiger partial charge in [0.15, 0.2) is 5.82 Å². The van der Waals surface area contributed by atoms with Gasteiger partial charge in [0.25, 0.3) is 0 Å². The first-order valence-electron chi connectivity index (χ1n) is 8.07. The van der Waals surface area contributed by atoms with Crippen LogP contribution in [0.15, 0.2) is 18.5 Å². The van der Waals surface area contributed by atoms with E-state index < -0.39 is 0 Å². The van der Waals surface area contributed by atoms with Crippen LogP contribution in [0.4, 0.5) is 5.82 Å². The molecule has 2 aliphatic rings. The molecule has 4 rings (SSSR count). The van der Waals surface area contributed by atoms with E-state index in [1.165, 1.54) is 32.4 Å². The van der Waals surface area contributed by atoms with Crippen LogP contribution in [0.1, 0.15) is 44.7 Å². The van der Waals surface area contributed by atoms with E-state index in [0.717, 1.165) is 17.0 Å². The van der Waals surface area contributed by atoms with E-state index in [2.05, 4.69) is 40.2 Å². The van der Waals surface area contributed by atoms with Crippen LogP contribution in [0, 0.1) is 0 Å². The van der Waals surface area contributed by atoms with E-state index in [9.17, 15) is 0 Å². The molecule has 0 spiro atoms. The molecule has 5 nitrogen and oxygen atoms in total. The summed E-state index contributed by atoms with van der Waals surface area (Å²) in [4.78, 5) is 7.19. The van der Waals surface area contributed by atoms with Crippen molar-refractivity contribution in [2.45, 2.75) is 51.1 Å². The molecule has 0 amide bonds. The van der Waals surface area contributed by atoms with E-state index in [0.29, 0.717) is 18.0 Å². The third-order valence-electron chi connectivity index (χ3n) is 4.93. The van der Waals surface area contributed by atoms with Gasteiger partial charge in [-0.15, -0.1) is 0 Å². The highest BCUT2D eigenvalue weighted by Gasteiger charge is 2.37. The molecule has 1 N–H and O–H groups in total. The Morgan fingerprint density at radius 3 is 3.05 bits per heavy atom. The Morgan fingerprint density at radius 1 is 1.29 bits per heavy atom. The molecule has 2 saturated heterocycles. The minimum absolute atomic E-state index is 0.439. The molecule has 2 atom stereocenters. The molecule has 112 valence electrons. The Hall–Kier alpha value is -1.62. The first kappa shape index (κ1) is 13.1. The summed E-state index contributed by atoms with van der Waals surface area (Å²) in [7, 11) is 0. The quantitative estimate of drug-likeness (QED) is 0.941. The van der Waals surface area contributed by atoms with Gasteiger partial charge in [-0.2, -0.15) is 5.10 Å². The first-order valence-corrected chi connectivity index (χ1v) is 8.07. The zero-order valence-corrected chi connectivity index (χ0v) is 12.8. The highest BCUT2D eigenvalue weighted by molar-refractivity contribution is 5.68. The highest BCUT2D eigenvalue weighted by atomic mass is 15.3. The number of hydrogen-bond donors (Lipinski definition) is 1. The Balaban J connectivity index is 1.64. The van der Waals surface area contributed by atoms with Gasteiger partial charge in [0.05, 0.1) is 5.69 Å². The standard InChI is InChI=1S/C16H23N5/c1-11(2)13-10-15-16(17-6-9-21(15)19-13)18-12-5-8-20-7-3-4-14(12)20/h6,9-12,14H,3-5,7-8H2,1-2H3,(H,17,18). The van der Waals surface area contributed by atoms with Gasteiger partial charge < -0.3 is 5.32 Å². The molecule has 2 aromatic rings. The molecule has 2 aromatic heterocycles. The average molecular weight is 285 g/mol. The van der Waals surface area contributed by atoms with Crippen LogP contribution >= 0.6 is 0 Å².